The molecule has 1 unspecified atom stereocenters. The number of fused-ring (bicyclic) bond motifs is 1. The van der Waals surface area contributed by atoms with Gasteiger partial charge < -0.3 is 10.5 Å². The molecule has 0 spiro atoms. The molecule has 19 heavy (non-hydrogen) atoms. The minimum Gasteiger partial charge on any atom is -0.496 e. The van der Waals surface area contributed by atoms with Crippen molar-refractivity contribution in [3.63, 3.8) is 0 Å². The largest absolute Gasteiger partial charge is 0.496 e. The SMILES string of the molecule is CCC(C)[C@H](N)c1c(OC)ccc2ccccc12.Cl. The minimum atomic E-state index is 0. The van der Waals surface area contributed by atoms with Gasteiger partial charge in [-0.3, -0.25) is 0 Å². The summed E-state index contributed by atoms with van der Waals surface area (Å²) >= 11 is 0. The van der Waals surface area contributed by atoms with E-state index in [1.807, 2.05) is 12.1 Å². The molecule has 2 atom stereocenters. The molecule has 0 aliphatic heterocycles. The van der Waals surface area contributed by atoms with Crippen LogP contribution < -0.4 is 10.5 Å². The van der Waals surface area contributed by atoms with E-state index in [4.69, 9.17) is 10.5 Å². The molecule has 0 bridgehead atoms. The fraction of sp³-hybridized carbons (Fsp3) is 0.375. The van der Waals surface area contributed by atoms with Gasteiger partial charge in [0.25, 0.3) is 0 Å². The fourth-order valence-corrected chi connectivity index (χ4v) is 2.34. The molecule has 0 aromatic heterocycles. The Hall–Kier alpha value is -1.25. The monoisotopic (exact) mass is 279 g/mol. The van der Waals surface area contributed by atoms with Crippen LogP contribution in [0.5, 0.6) is 5.75 Å². The Kier molecular flexibility index (Phi) is 5.64. The lowest BCUT2D eigenvalue weighted by Crippen LogP contribution is -2.19. The van der Waals surface area contributed by atoms with E-state index in [1.165, 1.54) is 10.8 Å². The summed E-state index contributed by atoms with van der Waals surface area (Å²) in [4.78, 5) is 0. The van der Waals surface area contributed by atoms with Crippen molar-refractivity contribution in [2.24, 2.45) is 11.7 Å². The van der Waals surface area contributed by atoms with Crippen molar-refractivity contribution in [3.05, 3.63) is 42.0 Å². The van der Waals surface area contributed by atoms with Crippen molar-refractivity contribution in [1.82, 2.24) is 0 Å². The van der Waals surface area contributed by atoms with E-state index in [-0.39, 0.29) is 18.4 Å². The van der Waals surface area contributed by atoms with Crippen LogP contribution in [0.25, 0.3) is 10.8 Å². The molecule has 2 nitrogen and oxygen atoms in total. The van der Waals surface area contributed by atoms with Crippen LogP contribution in [0.4, 0.5) is 0 Å². The van der Waals surface area contributed by atoms with E-state index in [1.54, 1.807) is 7.11 Å². The number of methoxy groups -OCH3 is 1. The van der Waals surface area contributed by atoms with Crippen molar-refractivity contribution in [3.8, 4) is 5.75 Å². The van der Waals surface area contributed by atoms with Gasteiger partial charge in [-0.2, -0.15) is 0 Å². The first-order chi connectivity index (χ1) is 8.69. The van der Waals surface area contributed by atoms with Crippen LogP contribution in [0, 0.1) is 5.92 Å². The van der Waals surface area contributed by atoms with Crippen LogP contribution in [0.1, 0.15) is 31.9 Å². The molecule has 2 rings (SSSR count). The fourth-order valence-electron chi connectivity index (χ4n) is 2.34. The van der Waals surface area contributed by atoms with Crippen molar-refractivity contribution in [2.45, 2.75) is 26.3 Å². The Bertz CT molecular complexity index is 541. The standard InChI is InChI=1S/C16H21NO.ClH/c1-4-11(2)16(17)15-13-8-6-5-7-12(13)9-10-14(15)18-3;/h5-11,16H,4,17H2,1-3H3;1H/t11?,16-;/m0./s1. The van der Waals surface area contributed by atoms with Gasteiger partial charge in [-0.1, -0.05) is 50.6 Å². The molecule has 0 aliphatic carbocycles. The van der Waals surface area contributed by atoms with Crippen molar-refractivity contribution in [2.75, 3.05) is 7.11 Å². The maximum absolute atomic E-state index is 6.41. The molecule has 104 valence electrons. The number of ether oxygens (including phenoxy) is 1. The number of rotatable bonds is 4. The van der Waals surface area contributed by atoms with Gasteiger partial charge in [-0.05, 0) is 22.8 Å². The summed E-state index contributed by atoms with van der Waals surface area (Å²) in [6.45, 7) is 4.36. The summed E-state index contributed by atoms with van der Waals surface area (Å²) in [5.41, 5.74) is 7.54. The number of hydrogen-bond acceptors (Lipinski definition) is 2. The average Bonchev–Trinajstić information content (AvgIpc) is 2.44. The van der Waals surface area contributed by atoms with E-state index in [0.29, 0.717) is 5.92 Å². The van der Waals surface area contributed by atoms with Crippen LogP contribution in [-0.2, 0) is 0 Å². The molecule has 0 heterocycles. The molecular weight excluding hydrogens is 258 g/mol. The van der Waals surface area contributed by atoms with Gasteiger partial charge in [0.2, 0.25) is 0 Å². The number of hydrogen-bond donors (Lipinski definition) is 1. The summed E-state index contributed by atoms with van der Waals surface area (Å²) in [6.07, 6.45) is 1.06. The Labute approximate surface area is 121 Å². The Morgan fingerprint density at radius 2 is 1.84 bits per heavy atom. The maximum Gasteiger partial charge on any atom is 0.124 e. The first-order valence-electron chi connectivity index (χ1n) is 6.50. The third kappa shape index (κ3) is 3.02. The highest BCUT2D eigenvalue weighted by Gasteiger charge is 2.19. The normalized spacial score (nSPS) is 13.7. The van der Waals surface area contributed by atoms with Gasteiger partial charge in [-0.15, -0.1) is 12.4 Å². The van der Waals surface area contributed by atoms with Crippen LogP contribution >= 0.6 is 12.4 Å². The first-order valence-corrected chi connectivity index (χ1v) is 6.50. The second kappa shape index (κ2) is 6.78. The van der Waals surface area contributed by atoms with Crippen molar-refractivity contribution < 1.29 is 4.74 Å². The van der Waals surface area contributed by atoms with Gasteiger partial charge in [0.15, 0.2) is 0 Å². The van der Waals surface area contributed by atoms with Crippen molar-refractivity contribution in [1.29, 1.82) is 0 Å². The van der Waals surface area contributed by atoms with E-state index >= 15 is 0 Å². The predicted octanol–water partition coefficient (Wildman–Crippen LogP) is 4.32. The van der Waals surface area contributed by atoms with Gasteiger partial charge in [0.1, 0.15) is 5.75 Å². The summed E-state index contributed by atoms with van der Waals surface area (Å²) < 4.78 is 5.49. The number of halogens is 1. The zero-order valence-electron chi connectivity index (χ0n) is 11.7. The highest BCUT2D eigenvalue weighted by Crippen LogP contribution is 2.35. The smallest absolute Gasteiger partial charge is 0.124 e. The second-order valence-corrected chi connectivity index (χ2v) is 4.81. The van der Waals surface area contributed by atoms with Crippen LogP contribution in [0.3, 0.4) is 0 Å². The minimum absolute atomic E-state index is 0. The number of benzene rings is 2. The van der Waals surface area contributed by atoms with E-state index < -0.39 is 0 Å². The molecule has 3 heteroatoms. The molecule has 0 fully saturated rings. The van der Waals surface area contributed by atoms with Gasteiger partial charge >= 0.3 is 0 Å². The second-order valence-electron chi connectivity index (χ2n) is 4.81. The first kappa shape index (κ1) is 15.8. The molecule has 2 aromatic rings. The third-order valence-corrected chi connectivity index (χ3v) is 3.74. The quantitative estimate of drug-likeness (QED) is 0.905. The average molecular weight is 280 g/mol. The molecule has 0 saturated carbocycles. The summed E-state index contributed by atoms with van der Waals surface area (Å²) in [5, 5.41) is 2.41. The van der Waals surface area contributed by atoms with E-state index in [9.17, 15) is 0 Å². The van der Waals surface area contributed by atoms with Gasteiger partial charge in [-0.25, -0.2) is 0 Å². The van der Waals surface area contributed by atoms with Crippen LogP contribution in [0.2, 0.25) is 0 Å². The van der Waals surface area contributed by atoms with E-state index in [0.717, 1.165) is 17.7 Å². The molecule has 0 aliphatic rings. The number of nitrogens with two attached hydrogens (primary N) is 1. The van der Waals surface area contributed by atoms with Gasteiger partial charge in [0.05, 0.1) is 7.11 Å². The van der Waals surface area contributed by atoms with Crippen LogP contribution in [0.15, 0.2) is 36.4 Å². The third-order valence-electron chi connectivity index (χ3n) is 3.74. The lowest BCUT2D eigenvalue weighted by molar-refractivity contribution is 0.390. The Morgan fingerprint density at radius 3 is 2.47 bits per heavy atom. The zero-order valence-corrected chi connectivity index (χ0v) is 12.5. The maximum atomic E-state index is 6.41. The van der Waals surface area contributed by atoms with Crippen LogP contribution in [-0.4, -0.2) is 7.11 Å². The zero-order chi connectivity index (χ0) is 13.1. The molecule has 0 radical (unpaired) electrons. The molecule has 2 N–H and O–H groups in total. The predicted molar refractivity (Wildman–Crippen MR) is 84.1 cm³/mol. The summed E-state index contributed by atoms with van der Waals surface area (Å²) in [7, 11) is 1.71. The lowest BCUT2D eigenvalue weighted by Gasteiger charge is -2.23. The Balaban J connectivity index is 0.00000180. The molecule has 0 amide bonds. The molecule has 2 aromatic carbocycles. The molecular formula is C16H22ClNO. The highest BCUT2D eigenvalue weighted by atomic mass is 35.5. The summed E-state index contributed by atoms with van der Waals surface area (Å²) in [5.74, 6) is 1.33. The van der Waals surface area contributed by atoms with Gasteiger partial charge in [0, 0.05) is 11.6 Å². The molecule has 0 saturated heterocycles. The summed E-state index contributed by atoms with van der Waals surface area (Å²) in [6, 6.07) is 12.4. The van der Waals surface area contributed by atoms with Crippen molar-refractivity contribution >= 4 is 23.2 Å². The topological polar surface area (TPSA) is 35.2 Å². The van der Waals surface area contributed by atoms with E-state index in [2.05, 4.69) is 38.1 Å². The lowest BCUT2D eigenvalue weighted by atomic mass is 9.89. The highest BCUT2D eigenvalue weighted by molar-refractivity contribution is 5.88. The Morgan fingerprint density at radius 1 is 1.16 bits per heavy atom.